The lowest BCUT2D eigenvalue weighted by molar-refractivity contribution is -0.120. The van der Waals surface area contributed by atoms with E-state index in [9.17, 15) is 4.79 Å². The van der Waals surface area contributed by atoms with Crippen LogP contribution in [0.25, 0.3) is 0 Å². The highest BCUT2D eigenvalue weighted by Gasteiger charge is 2.27. The van der Waals surface area contributed by atoms with E-state index in [4.69, 9.17) is 0 Å². The Kier molecular flexibility index (Phi) is 4.93. The second-order valence-electron chi connectivity index (χ2n) is 4.69. The highest BCUT2D eigenvalue weighted by molar-refractivity contribution is 5.81. The summed E-state index contributed by atoms with van der Waals surface area (Å²) in [6, 6.07) is 10.2. The molecule has 0 radical (unpaired) electrons. The molecular weight excluding hydrogens is 208 g/mol. The topological polar surface area (TPSA) is 17.1 Å². The molecule has 0 N–H and O–H groups in total. The standard InChI is InChI=1S/C16H20O/c1-5-9-15(13(4)17)16(12(2)3)14-10-7-6-8-11-14/h6-12,15-16H,1H2,2-4H3. The summed E-state index contributed by atoms with van der Waals surface area (Å²) in [5.74, 6) is 0.637. The Labute approximate surface area is 104 Å². The molecule has 1 aromatic carbocycles. The Morgan fingerprint density at radius 3 is 2.29 bits per heavy atom. The number of carbonyl (C=O) groups is 1. The normalized spacial score (nSPS) is 13.9. The van der Waals surface area contributed by atoms with Crippen LogP contribution in [0.4, 0.5) is 0 Å². The maximum atomic E-state index is 11.8. The van der Waals surface area contributed by atoms with Gasteiger partial charge in [-0.25, -0.2) is 0 Å². The minimum atomic E-state index is -0.130. The van der Waals surface area contributed by atoms with Crippen LogP contribution < -0.4 is 0 Å². The molecule has 2 unspecified atom stereocenters. The largest absolute Gasteiger partial charge is 0.299 e. The van der Waals surface area contributed by atoms with Gasteiger partial charge in [0, 0.05) is 5.92 Å². The van der Waals surface area contributed by atoms with Crippen molar-refractivity contribution in [3.8, 4) is 0 Å². The molecule has 0 saturated carbocycles. The van der Waals surface area contributed by atoms with Crippen molar-refractivity contribution >= 4 is 5.78 Å². The third-order valence-electron chi connectivity index (χ3n) is 3.06. The molecule has 0 aliphatic rings. The fraction of sp³-hybridized carbons (Fsp3) is 0.375. The summed E-state index contributed by atoms with van der Waals surface area (Å²) in [5.41, 5.74) is 3.96. The predicted molar refractivity (Wildman–Crippen MR) is 71.9 cm³/mol. The molecule has 1 aromatic rings. The van der Waals surface area contributed by atoms with Crippen LogP contribution >= 0.6 is 0 Å². The van der Waals surface area contributed by atoms with Crippen molar-refractivity contribution in [3.63, 3.8) is 0 Å². The molecule has 90 valence electrons. The van der Waals surface area contributed by atoms with Crippen molar-refractivity contribution in [2.24, 2.45) is 11.8 Å². The molecule has 1 rings (SSSR count). The van der Waals surface area contributed by atoms with E-state index in [1.165, 1.54) is 5.56 Å². The van der Waals surface area contributed by atoms with Gasteiger partial charge in [-0.1, -0.05) is 50.8 Å². The third-order valence-corrected chi connectivity index (χ3v) is 3.06. The van der Waals surface area contributed by atoms with Crippen molar-refractivity contribution in [1.82, 2.24) is 0 Å². The summed E-state index contributed by atoms with van der Waals surface area (Å²) in [6.07, 6.45) is 1.79. The van der Waals surface area contributed by atoms with Gasteiger partial charge in [-0.05, 0) is 30.4 Å². The van der Waals surface area contributed by atoms with Crippen molar-refractivity contribution in [2.45, 2.75) is 26.7 Å². The van der Waals surface area contributed by atoms with E-state index in [2.05, 4.69) is 38.3 Å². The van der Waals surface area contributed by atoms with Crippen molar-refractivity contribution < 1.29 is 4.79 Å². The molecule has 1 nitrogen and oxygen atoms in total. The number of ketones is 1. The highest BCUT2D eigenvalue weighted by Crippen LogP contribution is 2.33. The summed E-state index contributed by atoms with van der Waals surface area (Å²) >= 11 is 0. The van der Waals surface area contributed by atoms with Gasteiger partial charge in [-0.2, -0.15) is 0 Å². The quantitative estimate of drug-likeness (QED) is 0.697. The molecule has 0 aromatic heterocycles. The van der Waals surface area contributed by atoms with Crippen LogP contribution in [0.1, 0.15) is 32.3 Å². The average molecular weight is 228 g/mol. The number of allylic oxidation sites excluding steroid dienone is 1. The lowest BCUT2D eigenvalue weighted by Gasteiger charge is -2.26. The maximum Gasteiger partial charge on any atom is 0.137 e. The summed E-state index contributed by atoms with van der Waals surface area (Å²) in [5, 5.41) is 0. The maximum absolute atomic E-state index is 11.8. The smallest absolute Gasteiger partial charge is 0.137 e. The Bertz CT molecular complexity index is 408. The number of Topliss-reactive ketones (excluding diaryl/α,β-unsaturated/α-hetero) is 1. The van der Waals surface area contributed by atoms with Crippen molar-refractivity contribution in [1.29, 1.82) is 0 Å². The van der Waals surface area contributed by atoms with Gasteiger partial charge >= 0.3 is 0 Å². The molecule has 0 saturated heterocycles. The Morgan fingerprint density at radius 1 is 1.29 bits per heavy atom. The molecule has 2 atom stereocenters. The van der Waals surface area contributed by atoms with E-state index >= 15 is 0 Å². The molecule has 0 aliphatic heterocycles. The van der Waals surface area contributed by atoms with Gasteiger partial charge in [0.25, 0.3) is 0 Å². The first-order chi connectivity index (χ1) is 8.07. The molecular formula is C16H20O. The summed E-state index contributed by atoms with van der Waals surface area (Å²) in [6.45, 7) is 9.51. The van der Waals surface area contributed by atoms with E-state index in [-0.39, 0.29) is 17.6 Å². The first-order valence-electron chi connectivity index (χ1n) is 5.99. The first-order valence-corrected chi connectivity index (χ1v) is 5.99. The van der Waals surface area contributed by atoms with Crippen molar-refractivity contribution in [3.05, 3.63) is 54.3 Å². The number of benzene rings is 1. The minimum absolute atomic E-state index is 0.130. The SMILES string of the molecule is C=C=CC(C(C)=O)C(c1ccccc1)C(C)C. The summed E-state index contributed by atoms with van der Waals surface area (Å²) in [7, 11) is 0. The van der Waals surface area contributed by atoms with Gasteiger partial charge < -0.3 is 0 Å². The van der Waals surface area contributed by atoms with Crippen molar-refractivity contribution in [2.75, 3.05) is 0 Å². The zero-order valence-corrected chi connectivity index (χ0v) is 10.8. The monoisotopic (exact) mass is 228 g/mol. The fourth-order valence-corrected chi connectivity index (χ4v) is 2.28. The molecule has 0 bridgehead atoms. The van der Waals surface area contributed by atoms with Gasteiger partial charge in [0.2, 0.25) is 0 Å². The first kappa shape index (κ1) is 13.5. The minimum Gasteiger partial charge on any atom is -0.299 e. The van der Waals surface area contributed by atoms with Gasteiger partial charge in [0.15, 0.2) is 0 Å². The predicted octanol–water partition coefficient (Wildman–Crippen LogP) is 3.97. The number of hydrogen-bond acceptors (Lipinski definition) is 1. The van der Waals surface area contributed by atoms with E-state index in [0.717, 1.165) is 0 Å². The molecule has 1 heteroatoms. The van der Waals surface area contributed by atoms with Crippen LogP contribution in [0.5, 0.6) is 0 Å². The Hall–Kier alpha value is -1.59. The summed E-state index contributed by atoms with van der Waals surface area (Å²) < 4.78 is 0. The second-order valence-corrected chi connectivity index (χ2v) is 4.69. The molecule has 0 spiro atoms. The Morgan fingerprint density at radius 2 is 1.88 bits per heavy atom. The zero-order valence-electron chi connectivity index (χ0n) is 10.8. The van der Waals surface area contributed by atoms with E-state index in [1.807, 2.05) is 18.2 Å². The third kappa shape index (κ3) is 3.44. The van der Waals surface area contributed by atoms with E-state index < -0.39 is 0 Å². The number of carbonyl (C=O) groups excluding carboxylic acids is 1. The van der Waals surface area contributed by atoms with Crippen LogP contribution in [-0.2, 0) is 4.79 Å². The lowest BCUT2D eigenvalue weighted by atomic mass is 9.76. The van der Waals surface area contributed by atoms with E-state index in [1.54, 1.807) is 13.0 Å². The fourth-order valence-electron chi connectivity index (χ4n) is 2.28. The zero-order chi connectivity index (χ0) is 12.8. The lowest BCUT2D eigenvalue weighted by Crippen LogP contribution is -2.22. The van der Waals surface area contributed by atoms with Crippen LogP contribution in [0.15, 0.2) is 48.7 Å². The van der Waals surface area contributed by atoms with Crippen LogP contribution in [-0.4, -0.2) is 5.78 Å². The van der Waals surface area contributed by atoms with Crippen LogP contribution in [0.2, 0.25) is 0 Å². The van der Waals surface area contributed by atoms with E-state index in [0.29, 0.717) is 5.92 Å². The van der Waals surface area contributed by atoms with Gasteiger partial charge in [0.05, 0.1) is 0 Å². The highest BCUT2D eigenvalue weighted by atomic mass is 16.1. The number of rotatable bonds is 5. The molecule has 0 heterocycles. The molecule has 0 aliphatic carbocycles. The van der Waals surface area contributed by atoms with Crippen LogP contribution in [0.3, 0.4) is 0 Å². The van der Waals surface area contributed by atoms with Gasteiger partial charge in [-0.3, -0.25) is 4.79 Å². The second kappa shape index (κ2) is 6.22. The van der Waals surface area contributed by atoms with Crippen LogP contribution in [0, 0.1) is 11.8 Å². The number of hydrogen-bond donors (Lipinski definition) is 0. The summed E-state index contributed by atoms with van der Waals surface area (Å²) in [4.78, 5) is 11.8. The molecule has 17 heavy (non-hydrogen) atoms. The Balaban J connectivity index is 3.16. The molecule has 0 fully saturated rings. The average Bonchev–Trinajstić information content (AvgIpc) is 2.29. The van der Waals surface area contributed by atoms with Gasteiger partial charge in [-0.15, -0.1) is 5.73 Å². The molecule has 0 amide bonds. The van der Waals surface area contributed by atoms with Gasteiger partial charge in [0.1, 0.15) is 5.78 Å².